The van der Waals surface area contributed by atoms with Crippen molar-refractivity contribution in [2.24, 2.45) is 11.1 Å². The predicted octanol–water partition coefficient (Wildman–Crippen LogP) is 3.16. The number of anilines is 3. The van der Waals surface area contributed by atoms with E-state index in [-0.39, 0.29) is 24.0 Å². The number of carbonyl (C=O) groups excluding carboxylic acids is 1. The molecule has 1 amide bonds. The van der Waals surface area contributed by atoms with Gasteiger partial charge in [0.1, 0.15) is 11.4 Å². The van der Waals surface area contributed by atoms with Crippen LogP contribution < -0.4 is 21.3 Å². The van der Waals surface area contributed by atoms with Gasteiger partial charge in [-0.15, -0.1) is 0 Å². The van der Waals surface area contributed by atoms with E-state index in [2.05, 4.69) is 61.6 Å². The number of aliphatic hydroxyl groups is 1. The molecule has 2 aliphatic heterocycles. The van der Waals surface area contributed by atoms with E-state index in [0.29, 0.717) is 24.4 Å². The minimum absolute atomic E-state index is 0.0490. The summed E-state index contributed by atoms with van der Waals surface area (Å²) >= 11 is 0. The lowest BCUT2D eigenvalue weighted by molar-refractivity contribution is -0.116. The third-order valence-electron chi connectivity index (χ3n) is 8.23. The number of amides is 1. The van der Waals surface area contributed by atoms with E-state index >= 15 is 0 Å². The lowest BCUT2D eigenvalue weighted by atomic mass is 9.73. The van der Waals surface area contributed by atoms with Crippen LogP contribution >= 0.6 is 0 Å². The van der Waals surface area contributed by atoms with Gasteiger partial charge in [0.25, 0.3) is 0 Å². The molecular formula is C30H32N6O2. The Hall–Kier alpha value is -3.93. The summed E-state index contributed by atoms with van der Waals surface area (Å²) in [5.74, 6) is 6.90. The highest BCUT2D eigenvalue weighted by Gasteiger charge is 2.46. The highest BCUT2D eigenvalue weighted by molar-refractivity contribution is 5.94. The summed E-state index contributed by atoms with van der Waals surface area (Å²) in [7, 11) is 0. The number of rotatable bonds is 4. The monoisotopic (exact) mass is 508 g/mol. The molecule has 3 aliphatic rings. The van der Waals surface area contributed by atoms with E-state index in [9.17, 15) is 9.90 Å². The Morgan fingerprint density at radius 1 is 1.16 bits per heavy atom. The minimum Gasteiger partial charge on any atom is -0.390 e. The topological polar surface area (TPSA) is 116 Å². The zero-order valence-corrected chi connectivity index (χ0v) is 21.3. The van der Waals surface area contributed by atoms with Gasteiger partial charge in [0.15, 0.2) is 5.82 Å². The van der Waals surface area contributed by atoms with Gasteiger partial charge in [-0.05, 0) is 65.8 Å². The number of fused-ring (bicyclic) bond motifs is 2. The van der Waals surface area contributed by atoms with Gasteiger partial charge >= 0.3 is 0 Å². The molecule has 1 aliphatic carbocycles. The Bertz CT molecular complexity index is 1430. The molecule has 2 aromatic carbocycles. The van der Waals surface area contributed by atoms with Crippen molar-refractivity contribution < 1.29 is 9.90 Å². The molecule has 3 heterocycles. The summed E-state index contributed by atoms with van der Waals surface area (Å²) in [6.45, 7) is 1.89. The van der Waals surface area contributed by atoms with Crippen LogP contribution in [-0.2, 0) is 24.2 Å². The van der Waals surface area contributed by atoms with Crippen molar-refractivity contribution in [1.82, 2.24) is 9.97 Å². The largest absolute Gasteiger partial charge is 0.390 e. The highest BCUT2D eigenvalue weighted by Crippen LogP contribution is 2.51. The summed E-state index contributed by atoms with van der Waals surface area (Å²) in [5, 5.41) is 16.2. The Kier molecular flexibility index (Phi) is 6.48. The highest BCUT2D eigenvalue weighted by atomic mass is 16.3. The van der Waals surface area contributed by atoms with Crippen LogP contribution in [0.2, 0.25) is 0 Å². The average Bonchev–Trinajstić information content (AvgIpc) is 3.22. The predicted molar refractivity (Wildman–Crippen MR) is 148 cm³/mol. The molecule has 1 spiro atoms. The fourth-order valence-electron chi connectivity index (χ4n) is 6.08. The number of aliphatic hydroxyl groups excluding tert-OH is 1. The third kappa shape index (κ3) is 4.60. The van der Waals surface area contributed by atoms with Crippen LogP contribution in [0.25, 0.3) is 0 Å². The Balaban J connectivity index is 1.08. The molecule has 194 valence electrons. The van der Waals surface area contributed by atoms with Gasteiger partial charge in [0.05, 0.1) is 19.3 Å². The molecule has 0 bridgehead atoms. The number of nitrogens with one attached hydrogen (secondary N) is 2. The number of hydrogen-bond acceptors (Lipinski definition) is 7. The van der Waals surface area contributed by atoms with Crippen LogP contribution in [0.15, 0.2) is 48.7 Å². The lowest BCUT2D eigenvalue weighted by Gasteiger charge is -2.42. The van der Waals surface area contributed by atoms with Crippen LogP contribution in [0, 0.1) is 17.3 Å². The van der Waals surface area contributed by atoms with Gasteiger partial charge in [-0.1, -0.05) is 36.3 Å². The first-order chi connectivity index (χ1) is 18.5. The molecule has 8 nitrogen and oxygen atoms in total. The second-order valence-corrected chi connectivity index (χ2v) is 10.5. The lowest BCUT2D eigenvalue weighted by Crippen LogP contribution is -2.45. The number of nitrogens with zero attached hydrogens (tertiary/aromatic N) is 3. The fraction of sp³-hybridized carbons (Fsp3) is 0.367. The van der Waals surface area contributed by atoms with Crippen molar-refractivity contribution in [3.05, 3.63) is 76.7 Å². The second-order valence-electron chi connectivity index (χ2n) is 10.5. The molecule has 6 rings (SSSR count). The smallest absolute Gasteiger partial charge is 0.224 e. The van der Waals surface area contributed by atoms with Gasteiger partial charge in [-0.3, -0.25) is 4.79 Å². The molecule has 38 heavy (non-hydrogen) atoms. The van der Waals surface area contributed by atoms with Crippen molar-refractivity contribution in [2.45, 2.75) is 44.8 Å². The summed E-state index contributed by atoms with van der Waals surface area (Å²) < 4.78 is 0. The zero-order chi connectivity index (χ0) is 26.1. The molecule has 5 N–H and O–H groups in total. The maximum Gasteiger partial charge on any atom is 0.224 e. The first-order valence-electron chi connectivity index (χ1n) is 13.3. The van der Waals surface area contributed by atoms with E-state index in [1.54, 1.807) is 6.20 Å². The normalized spacial score (nSPS) is 19.3. The molecular weight excluding hydrogens is 476 g/mol. The summed E-state index contributed by atoms with van der Waals surface area (Å²) in [6, 6.07) is 14.6. The molecule has 1 fully saturated rings. The van der Waals surface area contributed by atoms with Gasteiger partial charge in [-0.2, -0.15) is 0 Å². The summed E-state index contributed by atoms with van der Waals surface area (Å²) in [5.41, 5.74) is 13.4. The fourth-order valence-corrected chi connectivity index (χ4v) is 6.08. The van der Waals surface area contributed by atoms with Crippen molar-refractivity contribution in [2.75, 3.05) is 35.2 Å². The number of piperidine rings is 1. The van der Waals surface area contributed by atoms with E-state index in [1.165, 1.54) is 11.1 Å². The Labute approximate surface area is 222 Å². The second kappa shape index (κ2) is 10.1. The number of aryl methyl sites for hydroxylation is 1. The third-order valence-corrected chi connectivity index (χ3v) is 8.23. The van der Waals surface area contributed by atoms with Gasteiger partial charge < -0.3 is 26.4 Å². The number of aromatic nitrogens is 2. The average molecular weight is 509 g/mol. The molecule has 0 unspecified atom stereocenters. The zero-order valence-electron chi connectivity index (χ0n) is 21.3. The van der Waals surface area contributed by atoms with Crippen molar-refractivity contribution in [1.29, 1.82) is 0 Å². The first-order valence-corrected chi connectivity index (χ1v) is 13.3. The van der Waals surface area contributed by atoms with E-state index in [4.69, 9.17) is 5.73 Å². The summed E-state index contributed by atoms with van der Waals surface area (Å²) in [4.78, 5) is 23.1. The SMILES string of the molecule is N[C@@H]1c2ccccc2CC12CCN(c1ncc(C#CCNc3ccc4c(c3)NC(=O)CC4)nc1CO)CC2. The number of carbonyl (C=O) groups is 1. The summed E-state index contributed by atoms with van der Waals surface area (Å²) in [6.07, 6.45) is 5.96. The number of nitrogens with two attached hydrogens (primary N) is 1. The molecule has 1 aromatic heterocycles. The van der Waals surface area contributed by atoms with Gasteiger partial charge in [0.2, 0.25) is 5.91 Å². The van der Waals surface area contributed by atoms with Crippen molar-refractivity contribution in [3.63, 3.8) is 0 Å². The van der Waals surface area contributed by atoms with E-state index < -0.39 is 0 Å². The quantitative estimate of drug-likeness (QED) is 0.400. The maximum absolute atomic E-state index is 11.7. The molecule has 3 aromatic rings. The maximum atomic E-state index is 11.7. The van der Waals surface area contributed by atoms with Crippen LogP contribution in [0.1, 0.15) is 53.4 Å². The minimum atomic E-state index is -0.191. The van der Waals surface area contributed by atoms with Crippen LogP contribution in [-0.4, -0.2) is 40.6 Å². The molecule has 0 saturated carbocycles. The molecule has 1 saturated heterocycles. The van der Waals surface area contributed by atoms with Crippen molar-refractivity contribution in [3.8, 4) is 11.8 Å². The van der Waals surface area contributed by atoms with Gasteiger partial charge in [0, 0.05) is 36.9 Å². The standard InChI is InChI=1S/C30H32N6O2/c31-28-24-6-2-1-4-21(24)17-30(28)11-14-36(15-12-30)29-26(19-37)34-23(18-33-29)5-3-13-32-22-9-7-20-8-10-27(38)35-25(20)16-22/h1-2,4,6-7,9,16,18,28,32,37H,8,10-15,17,19,31H2,(H,35,38)/t28-/m1/s1. The molecule has 8 heteroatoms. The Morgan fingerprint density at radius 2 is 2.00 bits per heavy atom. The van der Waals surface area contributed by atoms with Crippen LogP contribution in [0.3, 0.4) is 0 Å². The number of hydrogen-bond donors (Lipinski definition) is 4. The Morgan fingerprint density at radius 3 is 2.82 bits per heavy atom. The van der Waals surface area contributed by atoms with E-state index in [1.807, 2.05) is 18.2 Å². The molecule has 1 atom stereocenters. The number of benzene rings is 2. The van der Waals surface area contributed by atoms with Crippen LogP contribution in [0.4, 0.5) is 17.2 Å². The van der Waals surface area contributed by atoms with Crippen molar-refractivity contribution >= 4 is 23.1 Å². The van der Waals surface area contributed by atoms with Crippen LogP contribution in [0.5, 0.6) is 0 Å². The van der Waals surface area contributed by atoms with E-state index in [0.717, 1.165) is 61.5 Å². The van der Waals surface area contributed by atoms with Gasteiger partial charge in [-0.25, -0.2) is 9.97 Å². The first kappa shape index (κ1) is 24.4. The molecule has 0 radical (unpaired) electrons.